The molecule has 116 valence electrons. The monoisotopic (exact) mass is 300 g/mol. The molecule has 5 heteroatoms. The number of rotatable bonds is 6. The van der Waals surface area contributed by atoms with Crippen molar-refractivity contribution in [2.75, 3.05) is 14.2 Å². The van der Waals surface area contributed by atoms with E-state index in [9.17, 15) is 4.79 Å². The number of methoxy groups -OCH3 is 2. The Bertz CT molecular complexity index is 575. The van der Waals surface area contributed by atoms with E-state index in [1.165, 1.54) is 0 Å². The highest BCUT2D eigenvalue weighted by molar-refractivity contribution is 5.74. The molecule has 0 aliphatic heterocycles. The number of benzene rings is 2. The van der Waals surface area contributed by atoms with Gasteiger partial charge in [-0.15, -0.1) is 0 Å². The molecule has 0 radical (unpaired) electrons. The van der Waals surface area contributed by atoms with Gasteiger partial charge < -0.3 is 20.1 Å². The Hall–Kier alpha value is -2.69. The van der Waals surface area contributed by atoms with Crippen LogP contribution in [0.5, 0.6) is 11.5 Å². The van der Waals surface area contributed by atoms with Gasteiger partial charge in [-0.25, -0.2) is 4.79 Å². The molecule has 0 saturated heterocycles. The number of para-hydroxylation sites is 2. The zero-order valence-electron chi connectivity index (χ0n) is 12.8. The lowest BCUT2D eigenvalue weighted by molar-refractivity contribution is 0.240. The number of carbonyl (C=O) groups is 1. The van der Waals surface area contributed by atoms with Crippen LogP contribution in [-0.2, 0) is 13.1 Å². The molecule has 0 saturated carbocycles. The van der Waals surface area contributed by atoms with Gasteiger partial charge in [-0.05, 0) is 12.1 Å². The maximum absolute atomic E-state index is 11.9. The average Bonchev–Trinajstić information content (AvgIpc) is 2.58. The standard InChI is InChI=1S/C17H20N2O3/c1-21-15-9-5-3-7-13(15)11-18-17(20)19-12-14-8-4-6-10-16(14)22-2/h3-10H,11-12H2,1-2H3,(H2,18,19,20). The van der Waals surface area contributed by atoms with E-state index in [-0.39, 0.29) is 6.03 Å². The number of carbonyl (C=O) groups excluding carboxylic acids is 1. The van der Waals surface area contributed by atoms with Gasteiger partial charge in [0.1, 0.15) is 11.5 Å². The third-order valence-electron chi connectivity index (χ3n) is 3.26. The second-order valence-corrected chi connectivity index (χ2v) is 4.66. The SMILES string of the molecule is COc1ccccc1CNC(=O)NCc1ccccc1OC. The van der Waals surface area contributed by atoms with Crippen molar-refractivity contribution in [1.82, 2.24) is 10.6 Å². The molecule has 2 rings (SSSR count). The van der Waals surface area contributed by atoms with Crippen LogP contribution in [0.3, 0.4) is 0 Å². The molecule has 0 heterocycles. The zero-order valence-corrected chi connectivity index (χ0v) is 12.8. The normalized spacial score (nSPS) is 9.91. The van der Waals surface area contributed by atoms with Crippen molar-refractivity contribution in [2.45, 2.75) is 13.1 Å². The molecule has 2 N–H and O–H groups in total. The summed E-state index contributed by atoms with van der Waals surface area (Å²) in [6.45, 7) is 0.809. The van der Waals surface area contributed by atoms with Crippen molar-refractivity contribution in [2.24, 2.45) is 0 Å². The average molecular weight is 300 g/mol. The van der Waals surface area contributed by atoms with E-state index < -0.39 is 0 Å². The number of amides is 2. The second-order valence-electron chi connectivity index (χ2n) is 4.66. The van der Waals surface area contributed by atoms with E-state index in [0.29, 0.717) is 13.1 Å². The summed E-state index contributed by atoms with van der Waals surface area (Å²) < 4.78 is 10.5. The molecule has 0 fully saturated rings. The molecule has 22 heavy (non-hydrogen) atoms. The fourth-order valence-electron chi connectivity index (χ4n) is 2.11. The van der Waals surface area contributed by atoms with E-state index >= 15 is 0 Å². The third kappa shape index (κ3) is 4.15. The van der Waals surface area contributed by atoms with Crippen LogP contribution in [0, 0.1) is 0 Å². The minimum atomic E-state index is -0.239. The Morgan fingerprint density at radius 1 is 0.818 bits per heavy atom. The smallest absolute Gasteiger partial charge is 0.315 e. The highest BCUT2D eigenvalue weighted by Crippen LogP contribution is 2.17. The summed E-state index contributed by atoms with van der Waals surface area (Å²) in [6.07, 6.45) is 0. The Morgan fingerprint density at radius 3 is 1.64 bits per heavy atom. The van der Waals surface area contributed by atoms with Gasteiger partial charge in [0, 0.05) is 24.2 Å². The summed E-state index contributed by atoms with van der Waals surface area (Å²) in [7, 11) is 3.22. The van der Waals surface area contributed by atoms with Gasteiger partial charge in [0.05, 0.1) is 14.2 Å². The van der Waals surface area contributed by atoms with Crippen molar-refractivity contribution >= 4 is 6.03 Å². The van der Waals surface area contributed by atoms with Gasteiger partial charge in [-0.3, -0.25) is 0 Å². The largest absolute Gasteiger partial charge is 0.496 e. The predicted molar refractivity (Wildman–Crippen MR) is 85.1 cm³/mol. The molecule has 0 aromatic heterocycles. The second kappa shape index (κ2) is 7.93. The molecule has 5 nitrogen and oxygen atoms in total. The Morgan fingerprint density at radius 2 is 1.23 bits per heavy atom. The van der Waals surface area contributed by atoms with Crippen LogP contribution in [0.15, 0.2) is 48.5 Å². The van der Waals surface area contributed by atoms with Crippen LogP contribution < -0.4 is 20.1 Å². The fraction of sp³-hybridized carbons (Fsp3) is 0.235. The molecule has 0 aliphatic rings. The highest BCUT2D eigenvalue weighted by atomic mass is 16.5. The molecule has 0 unspecified atom stereocenters. The lowest BCUT2D eigenvalue weighted by Gasteiger charge is -2.12. The van der Waals surface area contributed by atoms with Crippen molar-refractivity contribution in [3.8, 4) is 11.5 Å². The van der Waals surface area contributed by atoms with Crippen LogP contribution >= 0.6 is 0 Å². The lowest BCUT2D eigenvalue weighted by atomic mass is 10.2. The molecular formula is C17H20N2O3. The summed E-state index contributed by atoms with van der Waals surface area (Å²) in [5, 5.41) is 5.62. The first kappa shape index (κ1) is 15.7. The molecule has 0 bridgehead atoms. The summed E-state index contributed by atoms with van der Waals surface area (Å²) >= 11 is 0. The number of hydrogen-bond donors (Lipinski definition) is 2. The van der Waals surface area contributed by atoms with Gasteiger partial charge in [0.15, 0.2) is 0 Å². The summed E-state index contributed by atoms with van der Waals surface area (Å²) in [5.41, 5.74) is 1.86. The minimum absolute atomic E-state index is 0.239. The van der Waals surface area contributed by atoms with E-state index in [2.05, 4.69) is 10.6 Å². The van der Waals surface area contributed by atoms with Gasteiger partial charge in [-0.2, -0.15) is 0 Å². The van der Waals surface area contributed by atoms with Crippen LogP contribution in [0.2, 0.25) is 0 Å². The van der Waals surface area contributed by atoms with Crippen LogP contribution in [0.1, 0.15) is 11.1 Å². The molecular weight excluding hydrogens is 280 g/mol. The van der Waals surface area contributed by atoms with E-state index in [0.717, 1.165) is 22.6 Å². The van der Waals surface area contributed by atoms with Crippen LogP contribution in [-0.4, -0.2) is 20.3 Å². The number of hydrogen-bond acceptors (Lipinski definition) is 3. The number of urea groups is 1. The number of nitrogens with one attached hydrogen (secondary N) is 2. The first-order valence-corrected chi connectivity index (χ1v) is 7.00. The Kier molecular flexibility index (Phi) is 5.65. The molecule has 0 aliphatic carbocycles. The van der Waals surface area contributed by atoms with Gasteiger partial charge in [0.2, 0.25) is 0 Å². The van der Waals surface area contributed by atoms with Crippen LogP contribution in [0.25, 0.3) is 0 Å². The lowest BCUT2D eigenvalue weighted by Crippen LogP contribution is -2.34. The Labute approximate surface area is 130 Å². The van der Waals surface area contributed by atoms with Crippen molar-refractivity contribution in [3.63, 3.8) is 0 Å². The molecule has 2 aromatic rings. The maximum atomic E-state index is 11.9. The molecule has 2 aromatic carbocycles. The third-order valence-corrected chi connectivity index (χ3v) is 3.26. The van der Waals surface area contributed by atoms with Gasteiger partial charge in [-0.1, -0.05) is 36.4 Å². The highest BCUT2D eigenvalue weighted by Gasteiger charge is 2.06. The van der Waals surface area contributed by atoms with Gasteiger partial charge >= 0.3 is 6.03 Å². The predicted octanol–water partition coefficient (Wildman–Crippen LogP) is 2.70. The van der Waals surface area contributed by atoms with Crippen molar-refractivity contribution in [1.29, 1.82) is 0 Å². The van der Waals surface area contributed by atoms with E-state index in [1.807, 2.05) is 48.5 Å². The van der Waals surface area contributed by atoms with Crippen molar-refractivity contribution < 1.29 is 14.3 Å². The topological polar surface area (TPSA) is 59.6 Å². The quantitative estimate of drug-likeness (QED) is 0.862. The van der Waals surface area contributed by atoms with Gasteiger partial charge in [0.25, 0.3) is 0 Å². The Balaban J connectivity index is 1.86. The summed E-state index contributed by atoms with van der Waals surface area (Å²) in [5.74, 6) is 1.51. The van der Waals surface area contributed by atoms with E-state index in [4.69, 9.17) is 9.47 Å². The summed E-state index contributed by atoms with van der Waals surface area (Å²) in [4.78, 5) is 11.9. The zero-order chi connectivity index (χ0) is 15.8. The first-order valence-electron chi connectivity index (χ1n) is 7.00. The molecule has 2 amide bonds. The fourth-order valence-corrected chi connectivity index (χ4v) is 2.11. The molecule has 0 atom stereocenters. The molecule has 0 spiro atoms. The number of ether oxygens (including phenoxy) is 2. The van der Waals surface area contributed by atoms with Crippen LogP contribution in [0.4, 0.5) is 4.79 Å². The van der Waals surface area contributed by atoms with E-state index in [1.54, 1.807) is 14.2 Å². The first-order chi connectivity index (χ1) is 10.7. The maximum Gasteiger partial charge on any atom is 0.315 e. The summed E-state index contributed by atoms with van der Waals surface area (Å²) in [6, 6.07) is 14.9. The van der Waals surface area contributed by atoms with Crippen molar-refractivity contribution in [3.05, 3.63) is 59.7 Å². The minimum Gasteiger partial charge on any atom is -0.496 e.